The molecule has 8 nitrogen and oxygen atoms in total. The van der Waals surface area contributed by atoms with Gasteiger partial charge in [-0.3, -0.25) is 4.79 Å². The second-order valence-corrected chi connectivity index (χ2v) is 12.2. The lowest BCUT2D eigenvalue weighted by molar-refractivity contribution is -0.136. The van der Waals surface area contributed by atoms with Crippen molar-refractivity contribution in [2.24, 2.45) is 0 Å². The van der Waals surface area contributed by atoms with Crippen molar-refractivity contribution in [3.05, 3.63) is 88.9 Å². The number of benzene rings is 3. The Labute approximate surface area is 262 Å². The van der Waals surface area contributed by atoms with Gasteiger partial charge in [0, 0.05) is 34.0 Å². The third kappa shape index (κ3) is 6.99. The molecule has 0 saturated heterocycles. The largest absolute Gasteiger partial charge is 0.497 e. The average Bonchev–Trinajstić information content (AvgIpc) is 3.42. The summed E-state index contributed by atoms with van der Waals surface area (Å²) in [5.74, 6) is -0.408. The molecule has 1 aliphatic heterocycles. The van der Waals surface area contributed by atoms with Crippen molar-refractivity contribution in [1.29, 1.82) is 0 Å². The molecule has 2 aromatic heterocycles. The topological polar surface area (TPSA) is 106 Å². The van der Waals surface area contributed by atoms with Gasteiger partial charge in [-0.25, -0.2) is 13.9 Å². The van der Waals surface area contributed by atoms with E-state index in [9.17, 15) is 9.90 Å². The van der Waals surface area contributed by atoms with Crippen molar-refractivity contribution in [1.82, 2.24) is 14.6 Å². The van der Waals surface area contributed by atoms with Crippen LogP contribution >= 0.6 is 0 Å². The predicted octanol–water partition coefficient (Wildman–Crippen LogP) is 7.22. The Kier molecular flexibility index (Phi) is 8.93. The minimum Gasteiger partial charge on any atom is -0.497 e. The van der Waals surface area contributed by atoms with E-state index in [1.54, 1.807) is 39.3 Å². The zero-order valence-electron chi connectivity index (χ0n) is 26.4. The Balaban J connectivity index is 0.000000743. The van der Waals surface area contributed by atoms with Crippen LogP contribution in [0.4, 0.5) is 4.39 Å². The second kappa shape index (κ2) is 12.7. The van der Waals surface area contributed by atoms with Crippen LogP contribution in [0, 0.1) is 19.7 Å². The summed E-state index contributed by atoms with van der Waals surface area (Å²) in [6, 6.07) is 19.1. The Morgan fingerprint density at radius 3 is 2.40 bits per heavy atom. The molecule has 0 unspecified atom stereocenters. The van der Waals surface area contributed by atoms with Crippen LogP contribution in [0.25, 0.3) is 39.3 Å². The van der Waals surface area contributed by atoms with Crippen LogP contribution in [0.15, 0.2) is 60.7 Å². The number of aliphatic hydroxyl groups is 1. The summed E-state index contributed by atoms with van der Waals surface area (Å²) in [4.78, 5) is 16.6. The maximum atomic E-state index is 15.3. The number of ether oxygens (including phenoxy) is 2. The number of aryl methyl sites for hydroxylation is 1. The molecule has 5 aromatic rings. The highest BCUT2D eigenvalue weighted by Crippen LogP contribution is 2.39. The van der Waals surface area contributed by atoms with Crippen LogP contribution in [0.3, 0.4) is 0 Å². The number of carbonyl (C=O) groups is 1. The first-order valence-corrected chi connectivity index (χ1v) is 14.9. The number of carboxylic acids is 1. The second-order valence-electron chi connectivity index (χ2n) is 12.2. The third-order valence-corrected chi connectivity index (χ3v) is 7.49. The normalized spacial score (nSPS) is 12.6. The van der Waals surface area contributed by atoms with Gasteiger partial charge in [-0.05, 0) is 88.4 Å². The molecular formula is C36H38FN3O5. The van der Waals surface area contributed by atoms with Crippen LogP contribution < -0.4 is 9.47 Å². The van der Waals surface area contributed by atoms with Crippen molar-refractivity contribution >= 4 is 11.6 Å². The number of aromatic nitrogens is 3. The van der Waals surface area contributed by atoms with Crippen molar-refractivity contribution < 1.29 is 28.9 Å². The number of hydrogen-bond donors (Lipinski definition) is 2. The molecule has 45 heavy (non-hydrogen) atoms. The van der Waals surface area contributed by atoms with E-state index in [2.05, 4.69) is 0 Å². The molecule has 0 atom stereocenters. The fraction of sp³-hybridized carbons (Fsp3) is 0.306. The summed E-state index contributed by atoms with van der Waals surface area (Å²) in [5, 5.41) is 23.2. The summed E-state index contributed by atoms with van der Waals surface area (Å²) in [6.07, 6.45) is 1.22. The van der Waals surface area contributed by atoms with Gasteiger partial charge in [0.1, 0.15) is 5.75 Å². The number of carboxylic acid groups (broad SMARTS) is 1. The van der Waals surface area contributed by atoms with E-state index in [0.717, 1.165) is 40.0 Å². The van der Waals surface area contributed by atoms with Crippen molar-refractivity contribution in [3.63, 3.8) is 0 Å². The van der Waals surface area contributed by atoms with Crippen LogP contribution in [0.1, 0.15) is 49.6 Å². The molecule has 0 radical (unpaired) electrons. The SMILES string of the molecule is CC(C)(C)O.COc1cccc(-c2cccc(-c3cc4nc(C)c(CC(=O)O)c(-c5cc(F)c6c(c5C)CCCO6)n4n3)c2)c1. The molecule has 9 heteroatoms. The highest BCUT2D eigenvalue weighted by Gasteiger charge is 2.26. The summed E-state index contributed by atoms with van der Waals surface area (Å²) in [5.41, 5.74) is 7.45. The predicted molar refractivity (Wildman–Crippen MR) is 172 cm³/mol. The molecule has 0 fully saturated rings. The van der Waals surface area contributed by atoms with Gasteiger partial charge >= 0.3 is 5.97 Å². The minimum atomic E-state index is -0.997. The highest BCUT2D eigenvalue weighted by molar-refractivity contribution is 5.80. The van der Waals surface area contributed by atoms with E-state index in [-0.39, 0.29) is 12.2 Å². The molecule has 6 rings (SSSR count). The van der Waals surface area contributed by atoms with E-state index >= 15 is 4.39 Å². The summed E-state index contributed by atoms with van der Waals surface area (Å²) < 4.78 is 28.0. The van der Waals surface area contributed by atoms with E-state index in [0.29, 0.717) is 46.9 Å². The van der Waals surface area contributed by atoms with E-state index in [1.165, 1.54) is 6.07 Å². The average molecular weight is 612 g/mol. The van der Waals surface area contributed by atoms with Gasteiger partial charge in [-0.15, -0.1) is 0 Å². The first-order valence-electron chi connectivity index (χ1n) is 14.9. The van der Waals surface area contributed by atoms with Gasteiger partial charge in [0.15, 0.2) is 17.2 Å². The van der Waals surface area contributed by atoms with Gasteiger partial charge in [0.05, 0.1) is 37.1 Å². The van der Waals surface area contributed by atoms with Gasteiger partial charge in [-0.1, -0.05) is 30.3 Å². The molecule has 0 bridgehead atoms. The number of rotatable bonds is 6. The number of methoxy groups -OCH3 is 1. The fourth-order valence-electron chi connectivity index (χ4n) is 5.50. The Morgan fingerprint density at radius 2 is 1.71 bits per heavy atom. The van der Waals surface area contributed by atoms with Crippen LogP contribution in [-0.4, -0.2) is 50.1 Å². The lowest BCUT2D eigenvalue weighted by atomic mass is 9.91. The molecular weight excluding hydrogens is 573 g/mol. The molecule has 1 aliphatic rings. The summed E-state index contributed by atoms with van der Waals surface area (Å²) in [7, 11) is 1.64. The zero-order chi connectivity index (χ0) is 32.5. The Bertz CT molecular complexity index is 1880. The summed E-state index contributed by atoms with van der Waals surface area (Å²) >= 11 is 0. The van der Waals surface area contributed by atoms with Gasteiger partial charge in [-0.2, -0.15) is 5.10 Å². The summed E-state index contributed by atoms with van der Waals surface area (Å²) in [6.45, 7) is 9.41. The fourth-order valence-corrected chi connectivity index (χ4v) is 5.50. The molecule has 0 saturated carbocycles. The monoisotopic (exact) mass is 611 g/mol. The maximum Gasteiger partial charge on any atom is 0.307 e. The minimum absolute atomic E-state index is 0.265. The first-order chi connectivity index (χ1) is 21.3. The first kappa shape index (κ1) is 31.7. The van der Waals surface area contributed by atoms with Crippen molar-refractivity contribution in [2.75, 3.05) is 13.7 Å². The van der Waals surface area contributed by atoms with Gasteiger partial charge in [0.2, 0.25) is 0 Å². The number of fused-ring (bicyclic) bond motifs is 2. The zero-order valence-corrected chi connectivity index (χ0v) is 26.4. The molecule has 0 amide bonds. The lowest BCUT2D eigenvalue weighted by Gasteiger charge is -2.23. The lowest BCUT2D eigenvalue weighted by Crippen LogP contribution is -2.14. The number of hydrogen-bond acceptors (Lipinski definition) is 6. The van der Waals surface area contributed by atoms with E-state index in [4.69, 9.17) is 24.7 Å². The molecule has 3 aromatic carbocycles. The van der Waals surface area contributed by atoms with Crippen LogP contribution in [-0.2, 0) is 17.6 Å². The van der Waals surface area contributed by atoms with Crippen LogP contribution in [0.5, 0.6) is 11.5 Å². The smallest absolute Gasteiger partial charge is 0.307 e. The number of halogens is 1. The Hall–Kier alpha value is -4.76. The number of nitrogens with zero attached hydrogens (tertiary/aromatic N) is 3. The molecule has 0 aliphatic carbocycles. The van der Waals surface area contributed by atoms with E-state index < -0.39 is 17.4 Å². The van der Waals surface area contributed by atoms with Crippen LogP contribution in [0.2, 0.25) is 0 Å². The molecule has 0 spiro atoms. The maximum absolute atomic E-state index is 15.3. The number of aliphatic carboxylic acids is 1. The molecule has 2 N–H and O–H groups in total. The quantitative estimate of drug-likeness (QED) is 0.209. The standard InChI is InChI=1S/C32H28FN3O4.C4H10O/c1-18-24-11-6-12-40-32(24)27(33)15-25(18)31-26(16-30(37)38)19(2)34-29-17-28(35-36(29)31)22-9-4-7-20(13-22)21-8-5-10-23(14-21)39-3;1-4(2,3)5/h4-5,7-10,13-15,17H,6,11-12,16H2,1-3H3,(H,37,38);5H,1-3H3. The Morgan fingerprint density at radius 1 is 1.04 bits per heavy atom. The van der Waals surface area contributed by atoms with E-state index in [1.807, 2.05) is 61.5 Å². The van der Waals surface area contributed by atoms with Crippen molar-refractivity contribution in [2.45, 2.75) is 59.5 Å². The highest BCUT2D eigenvalue weighted by atomic mass is 19.1. The molecule has 3 heterocycles. The van der Waals surface area contributed by atoms with Crippen molar-refractivity contribution in [3.8, 4) is 45.1 Å². The molecule has 234 valence electrons. The van der Waals surface area contributed by atoms with Gasteiger partial charge in [0.25, 0.3) is 0 Å². The van der Waals surface area contributed by atoms with Gasteiger partial charge < -0.3 is 19.7 Å². The third-order valence-electron chi connectivity index (χ3n) is 7.49.